The molecule has 0 atom stereocenters. The van der Waals surface area contributed by atoms with Gasteiger partial charge >= 0.3 is 0 Å². The molecule has 0 saturated heterocycles. The Labute approximate surface area is 466 Å². The number of hydrogen-bond acceptors (Lipinski definition) is 5. The number of hydrogen-bond donors (Lipinski definition) is 0. The summed E-state index contributed by atoms with van der Waals surface area (Å²) in [7, 11) is 0. The second kappa shape index (κ2) is 19.7. The van der Waals surface area contributed by atoms with E-state index in [-0.39, 0.29) is 13.4 Å². The normalized spacial score (nSPS) is 12.5. The van der Waals surface area contributed by atoms with Crippen LogP contribution in [0.2, 0.25) is 0 Å². The summed E-state index contributed by atoms with van der Waals surface area (Å²) in [5.41, 5.74) is 21.9. The van der Waals surface area contributed by atoms with Crippen LogP contribution >= 0.6 is 11.8 Å². The van der Waals surface area contributed by atoms with Crippen molar-refractivity contribution in [3.05, 3.63) is 297 Å². The van der Waals surface area contributed by atoms with Crippen LogP contribution < -0.4 is 52.2 Å². The Morgan fingerprint density at radius 2 is 0.785 bits per heavy atom. The van der Waals surface area contributed by atoms with E-state index in [4.69, 9.17) is 4.74 Å². The molecule has 12 aromatic carbocycles. The summed E-state index contributed by atoms with van der Waals surface area (Å²) in [6.07, 6.45) is 0. The van der Waals surface area contributed by atoms with Gasteiger partial charge in [0.1, 0.15) is 11.5 Å². The molecule has 7 heteroatoms. The van der Waals surface area contributed by atoms with Crippen molar-refractivity contribution in [2.75, 3.05) is 14.7 Å². The van der Waals surface area contributed by atoms with Crippen molar-refractivity contribution in [1.29, 1.82) is 0 Å². The van der Waals surface area contributed by atoms with Crippen LogP contribution in [0.25, 0.3) is 22.3 Å². The highest BCUT2D eigenvalue weighted by molar-refractivity contribution is 8.00. The van der Waals surface area contributed by atoms with Gasteiger partial charge in [-0.2, -0.15) is 0 Å². The first-order valence-corrected chi connectivity index (χ1v) is 27.9. The van der Waals surface area contributed by atoms with E-state index in [2.05, 4.69) is 312 Å². The van der Waals surface area contributed by atoms with Gasteiger partial charge in [0.15, 0.2) is 0 Å². The molecule has 3 heterocycles. The monoisotopic (exact) mass is 1030 g/mol. The summed E-state index contributed by atoms with van der Waals surface area (Å²) >= 11 is 1.85. The second-order valence-corrected chi connectivity index (χ2v) is 21.4. The first kappa shape index (κ1) is 46.6. The van der Waals surface area contributed by atoms with Crippen LogP contribution in [0.1, 0.15) is 0 Å². The molecule has 79 heavy (non-hydrogen) atoms. The lowest BCUT2D eigenvalue weighted by atomic mass is 9.31. The quantitative estimate of drug-likeness (QED) is 0.127. The Balaban J connectivity index is 0.989. The van der Waals surface area contributed by atoms with E-state index in [1.165, 1.54) is 53.9 Å². The minimum atomic E-state index is -0.160. The van der Waals surface area contributed by atoms with Gasteiger partial charge in [-0.05, 0) is 130 Å². The molecule has 370 valence electrons. The highest BCUT2D eigenvalue weighted by Gasteiger charge is 2.45. The SMILES string of the molecule is c1ccc(-c2cccc(-c3ccccc3)c2B2c3ccc(N(c4ccccc4)c4ccccc4)cc3Sc3cc4c(cc32)B2c3ccccc3N(c3ccccc3)c3cc(N(c5ccccc5)c5ccccc5)cc(c32)O4)cc1. The van der Waals surface area contributed by atoms with E-state index in [0.29, 0.717) is 0 Å². The Kier molecular flexibility index (Phi) is 11.6. The van der Waals surface area contributed by atoms with Gasteiger partial charge in [0.05, 0.1) is 5.69 Å². The first-order chi connectivity index (χ1) is 39.2. The molecule has 15 rings (SSSR count). The third-order valence-electron chi connectivity index (χ3n) is 15.8. The predicted octanol–water partition coefficient (Wildman–Crippen LogP) is 15.3. The summed E-state index contributed by atoms with van der Waals surface area (Å²) in [4.78, 5) is 9.54. The van der Waals surface area contributed by atoms with E-state index in [9.17, 15) is 0 Å². The summed E-state index contributed by atoms with van der Waals surface area (Å²) in [5, 5.41) is 0. The average Bonchev–Trinajstić information content (AvgIpc) is 3.70. The molecule has 0 aliphatic carbocycles. The Morgan fingerprint density at radius 1 is 0.304 bits per heavy atom. The van der Waals surface area contributed by atoms with E-state index in [1.807, 2.05) is 11.8 Å². The van der Waals surface area contributed by atoms with Crippen molar-refractivity contribution >= 4 is 109 Å². The fraction of sp³-hybridized carbons (Fsp3) is 0. The maximum atomic E-state index is 7.57. The van der Waals surface area contributed by atoms with Crippen molar-refractivity contribution in [3.8, 4) is 33.8 Å². The van der Waals surface area contributed by atoms with Crippen LogP contribution in [0.4, 0.5) is 51.2 Å². The number of nitrogens with zero attached hydrogens (tertiary/aromatic N) is 3. The molecule has 0 amide bonds. The lowest BCUT2D eigenvalue weighted by Crippen LogP contribution is -2.62. The van der Waals surface area contributed by atoms with Crippen LogP contribution in [0.5, 0.6) is 11.5 Å². The Morgan fingerprint density at radius 3 is 1.35 bits per heavy atom. The van der Waals surface area contributed by atoms with Crippen LogP contribution in [-0.4, -0.2) is 13.4 Å². The zero-order valence-electron chi connectivity index (χ0n) is 43.1. The molecular formula is C72H49B2N3OS. The van der Waals surface area contributed by atoms with Gasteiger partial charge in [-0.1, -0.05) is 228 Å². The van der Waals surface area contributed by atoms with Crippen LogP contribution in [-0.2, 0) is 0 Å². The van der Waals surface area contributed by atoms with Gasteiger partial charge < -0.3 is 19.4 Å². The maximum Gasteiger partial charge on any atom is 0.256 e. The van der Waals surface area contributed by atoms with Crippen molar-refractivity contribution < 1.29 is 4.74 Å². The lowest BCUT2D eigenvalue weighted by molar-refractivity contribution is 0.486. The molecule has 0 unspecified atom stereocenters. The summed E-state index contributed by atoms with van der Waals surface area (Å²) in [5.74, 6) is 1.72. The molecule has 0 bridgehead atoms. The second-order valence-electron chi connectivity index (χ2n) is 20.3. The zero-order chi connectivity index (χ0) is 52.2. The fourth-order valence-electron chi connectivity index (χ4n) is 12.4. The van der Waals surface area contributed by atoms with E-state index < -0.39 is 0 Å². The standard InChI is InChI=1S/C72H49B2N3OS/c1-8-25-50(26-9-1)59-39-24-40-60(51-27-10-2-11-28-51)71(59)74-62-44-43-57(75(52-29-12-3-13-30-52)53-31-14-4-15-32-53)47-69(62)79-70-49-67-63(48-64(70)74)73-61-41-22-23-42-65(61)77(56-37-20-7-21-38-56)66-45-58(46-68(78-67)72(66)73)76(54-33-16-5-17-34-54)55-35-18-6-19-36-55/h1-49H. The molecule has 0 N–H and O–H groups in total. The zero-order valence-corrected chi connectivity index (χ0v) is 43.9. The maximum absolute atomic E-state index is 7.57. The molecule has 12 aromatic rings. The molecular weight excluding hydrogens is 977 g/mol. The minimum absolute atomic E-state index is 0.135. The van der Waals surface area contributed by atoms with E-state index in [0.717, 1.165) is 73.6 Å². The molecule has 0 fully saturated rings. The first-order valence-electron chi connectivity index (χ1n) is 27.1. The topological polar surface area (TPSA) is 19.0 Å². The van der Waals surface area contributed by atoms with Crippen molar-refractivity contribution in [3.63, 3.8) is 0 Å². The number of anilines is 9. The van der Waals surface area contributed by atoms with Gasteiger partial charge in [0.2, 0.25) is 6.71 Å². The summed E-state index contributed by atoms with van der Waals surface area (Å²) < 4.78 is 7.57. The summed E-state index contributed by atoms with van der Waals surface area (Å²) in [6.45, 7) is -0.295. The average molecular weight is 1030 g/mol. The van der Waals surface area contributed by atoms with E-state index >= 15 is 0 Å². The smallest absolute Gasteiger partial charge is 0.256 e. The van der Waals surface area contributed by atoms with E-state index in [1.54, 1.807) is 0 Å². The molecule has 0 radical (unpaired) electrons. The van der Waals surface area contributed by atoms with Gasteiger partial charge in [-0.3, -0.25) is 0 Å². The predicted molar refractivity (Wildman–Crippen MR) is 334 cm³/mol. The van der Waals surface area contributed by atoms with Gasteiger partial charge in [0, 0.05) is 61.4 Å². The Hall–Kier alpha value is -9.68. The molecule has 0 spiro atoms. The van der Waals surface area contributed by atoms with Crippen LogP contribution in [0.3, 0.4) is 0 Å². The van der Waals surface area contributed by atoms with Crippen LogP contribution in [0.15, 0.2) is 307 Å². The van der Waals surface area contributed by atoms with Crippen molar-refractivity contribution in [1.82, 2.24) is 0 Å². The molecule has 0 saturated carbocycles. The van der Waals surface area contributed by atoms with Gasteiger partial charge in [-0.15, -0.1) is 0 Å². The largest absolute Gasteiger partial charge is 0.458 e. The number of benzene rings is 12. The highest BCUT2D eigenvalue weighted by atomic mass is 32.2. The third kappa shape index (κ3) is 8.12. The molecule has 3 aliphatic heterocycles. The summed E-state index contributed by atoms with van der Waals surface area (Å²) in [6, 6.07) is 108. The molecule has 0 aromatic heterocycles. The van der Waals surface area contributed by atoms with Crippen molar-refractivity contribution in [2.45, 2.75) is 9.79 Å². The lowest BCUT2D eigenvalue weighted by Gasteiger charge is -2.41. The molecule has 4 nitrogen and oxygen atoms in total. The minimum Gasteiger partial charge on any atom is -0.458 e. The number of fused-ring (bicyclic) bond motifs is 6. The highest BCUT2D eigenvalue weighted by Crippen LogP contribution is 2.47. The number of para-hydroxylation sites is 6. The third-order valence-corrected chi connectivity index (χ3v) is 16.9. The van der Waals surface area contributed by atoms with Crippen molar-refractivity contribution in [2.24, 2.45) is 0 Å². The number of ether oxygens (including phenoxy) is 1. The van der Waals surface area contributed by atoms with Gasteiger partial charge in [0.25, 0.3) is 6.71 Å². The van der Waals surface area contributed by atoms with Crippen LogP contribution in [0, 0.1) is 0 Å². The number of rotatable bonds is 10. The molecule has 3 aliphatic rings. The van der Waals surface area contributed by atoms with Gasteiger partial charge in [-0.25, -0.2) is 0 Å². The Bertz CT molecular complexity index is 4080. The fourth-order valence-corrected chi connectivity index (χ4v) is 13.6.